The molecule has 0 radical (unpaired) electrons. The topological polar surface area (TPSA) is 44.0 Å². The Balaban J connectivity index is 3.06. The third-order valence-electron chi connectivity index (χ3n) is 0.996. The highest BCUT2D eigenvalue weighted by Crippen LogP contribution is 2.07. The Bertz CT molecular complexity index is 232. The highest BCUT2D eigenvalue weighted by atomic mass is 16.3. The summed E-state index contributed by atoms with van der Waals surface area (Å²) in [5.74, 6) is 0.189. The number of rotatable bonds is 0. The molecule has 0 atom stereocenters. The van der Waals surface area contributed by atoms with Gasteiger partial charge in [0.05, 0.1) is 11.6 Å². The van der Waals surface area contributed by atoms with Crippen LogP contribution in [0.15, 0.2) is 24.3 Å². The molecule has 2 heteroatoms. The van der Waals surface area contributed by atoms with Crippen molar-refractivity contribution in [1.82, 2.24) is 0 Å². The number of phenolic OH excluding ortho intramolecular Hbond substituents is 1. The second kappa shape index (κ2) is 2.19. The fraction of sp³-hybridized carbons (Fsp3) is 0. The highest BCUT2D eigenvalue weighted by molar-refractivity contribution is 5.33. The van der Waals surface area contributed by atoms with Gasteiger partial charge in [-0.3, -0.25) is 0 Å². The average Bonchev–Trinajstić information content (AvgIpc) is 1.90. The first kappa shape index (κ1) is 5.64. The summed E-state index contributed by atoms with van der Waals surface area (Å²) in [6.07, 6.45) is 0. The molecule has 0 heterocycles. The summed E-state index contributed by atoms with van der Waals surface area (Å²) in [5, 5.41) is 17.0. The molecule has 0 spiro atoms. The fourth-order valence-corrected chi connectivity index (χ4v) is 0.536. The van der Waals surface area contributed by atoms with Crippen LogP contribution in [0.4, 0.5) is 0 Å². The molecule has 44 valence electrons. The number of aromatic hydroxyl groups is 1. The van der Waals surface area contributed by atoms with Crippen molar-refractivity contribution in [3.63, 3.8) is 0 Å². The minimum atomic E-state index is 0.189. The van der Waals surface area contributed by atoms with E-state index < -0.39 is 0 Å². The molecule has 0 fully saturated rings. The first-order valence-corrected chi connectivity index (χ1v) is 2.52. The fourth-order valence-electron chi connectivity index (χ4n) is 0.536. The van der Waals surface area contributed by atoms with E-state index in [-0.39, 0.29) is 5.75 Å². The van der Waals surface area contributed by atoms with Gasteiger partial charge in [0.1, 0.15) is 5.75 Å². The number of hydrogen-bond donors (Lipinski definition) is 1. The third kappa shape index (κ3) is 1.20. The number of benzene rings is 1. The van der Waals surface area contributed by atoms with Crippen LogP contribution in [-0.4, -0.2) is 5.11 Å². The highest BCUT2D eigenvalue weighted by Gasteiger charge is 1.86. The minimum Gasteiger partial charge on any atom is -0.508 e. The van der Waals surface area contributed by atoms with Crippen molar-refractivity contribution in [1.29, 1.82) is 5.26 Å². The van der Waals surface area contributed by atoms with E-state index in [1.54, 1.807) is 12.1 Å². The lowest BCUT2D eigenvalue weighted by Gasteiger charge is -1.87. The first-order valence-electron chi connectivity index (χ1n) is 2.52. The maximum atomic E-state index is 8.74. The second-order valence-corrected chi connectivity index (χ2v) is 1.66. The lowest BCUT2D eigenvalue weighted by molar-refractivity contribution is 0.475. The Hall–Kier alpha value is -1.49. The van der Waals surface area contributed by atoms with Crippen molar-refractivity contribution in [2.24, 2.45) is 0 Å². The molecule has 1 aromatic rings. The zero-order valence-corrected chi connectivity index (χ0v) is 4.70. The molecule has 0 saturated heterocycles. The number of nitrogens with zero attached hydrogens (tertiary/aromatic N) is 1. The van der Waals surface area contributed by atoms with Crippen LogP contribution in [0.2, 0.25) is 0 Å². The smallest absolute Gasteiger partial charge is 0.115 e. The summed E-state index contributed by atoms with van der Waals surface area (Å²) in [6.45, 7) is 0. The summed E-state index contributed by atoms with van der Waals surface area (Å²) < 4.78 is 0. The predicted molar refractivity (Wildman–Crippen MR) is 32.8 cm³/mol. The van der Waals surface area contributed by atoms with Crippen LogP contribution in [-0.2, 0) is 0 Å². The monoisotopic (exact) mass is 120 g/mol. The molecular formula is C7H5NO. The summed E-state index contributed by atoms with van der Waals surface area (Å²) in [7, 11) is 0. The maximum absolute atomic E-state index is 8.74. The molecule has 1 N–H and O–H groups in total. The Morgan fingerprint density at radius 2 is 1.78 bits per heavy atom. The van der Waals surface area contributed by atoms with Crippen LogP contribution < -0.4 is 0 Å². The molecule has 0 bridgehead atoms. The van der Waals surface area contributed by atoms with Crippen LogP contribution in [0.1, 0.15) is 5.56 Å². The van der Waals surface area contributed by atoms with E-state index in [1.807, 2.05) is 6.07 Å². The van der Waals surface area contributed by atoms with Crippen LogP contribution in [0, 0.1) is 11.3 Å². The van der Waals surface area contributed by atoms with E-state index in [4.69, 9.17) is 10.4 Å². The van der Waals surface area contributed by atoms with Crippen molar-refractivity contribution in [3.05, 3.63) is 29.8 Å². The normalized spacial score (nSPS) is 8.33. The van der Waals surface area contributed by atoms with E-state index in [0.717, 1.165) is 0 Å². The molecule has 1 aromatic carbocycles. The number of phenols is 1. The number of nitriles is 1. The first-order chi connectivity index (χ1) is 4.33. The molecule has 1 rings (SSSR count). The van der Waals surface area contributed by atoms with Gasteiger partial charge in [-0.05, 0) is 24.3 Å². The second-order valence-electron chi connectivity index (χ2n) is 1.66. The van der Waals surface area contributed by atoms with Gasteiger partial charge in [0.2, 0.25) is 0 Å². The molecule has 0 amide bonds. The zero-order chi connectivity index (χ0) is 6.69. The Kier molecular flexibility index (Phi) is 1.37. The summed E-state index contributed by atoms with van der Waals surface area (Å²) in [5.41, 5.74) is 0.563. The van der Waals surface area contributed by atoms with Crippen LogP contribution in [0.25, 0.3) is 0 Å². The van der Waals surface area contributed by atoms with Crippen molar-refractivity contribution in [2.75, 3.05) is 0 Å². The van der Waals surface area contributed by atoms with Gasteiger partial charge in [-0.1, -0.05) is 0 Å². The van der Waals surface area contributed by atoms with Gasteiger partial charge in [0, 0.05) is 0 Å². The Labute approximate surface area is 53.0 Å². The minimum absolute atomic E-state index is 0.189. The van der Waals surface area contributed by atoms with Crippen molar-refractivity contribution < 1.29 is 5.11 Å². The lowest BCUT2D eigenvalue weighted by Crippen LogP contribution is -1.69. The van der Waals surface area contributed by atoms with Crippen molar-refractivity contribution in [2.45, 2.75) is 0 Å². The van der Waals surface area contributed by atoms with Gasteiger partial charge >= 0.3 is 0 Å². The van der Waals surface area contributed by atoms with Gasteiger partial charge in [-0.15, -0.1) is 0 Å². The molecular weight excluding hydrogens is 115 g/mol. The molecule has 2 nitrogen and oxygen atoms in total. The van der Waals surface area contributed by atoms with E-state index >= 15 is 0 Å². The standard InChI is InChI=1S/C7H5NO/c8-5-6-1-3-7(9)4-2-6/h1-4,9H/i5+1. The quantitative estimate of drug-likeness (QED) is 0.524. The molecule has 0 aromatic heterocycles. The molecule has 0 saturated carbocycles. The van der Waals surface area contributed by atoms with Gasteiger partial charge in [0.15, 0.2) is 0 Å². The summed E-state index contributed by atoms with van der Waals surface area (Å²) in [6, 6.07) is 8.04. The molecule has 9 heavy (non-hydrogen) atoms. The molecule has 0 aliphatic heterocycles. The molecule has 0 aliphatic rings. The zero-order valence-electron chi connectivity index (χ0n) is 4.70. The van der Waals surface area contributed by atoms with Gasteiger partial charge in [0.25, 0.3) is 0 Å². The molecule has 0 aliphatic carbocycles. The van der Waals surface area contributed by atoms with E-state index in [0.29, 0.717) is 5.56 Å². The van der Waals surface area contributed by atoms with E-state index in [2.05, 4.69) is 0 Å². The molecule has 0 unspecified atom stereocenters. The average molecular weight is 120 g/mol. The van der Waals surface area contributed by atoms with Gasteiger partial charge in [-0.25, -0.2) is 0 Å². The Morgan fingerprint density at radius 3 is 2.22 bits per heavy atom. The van der Waals surface area contributed by atoms with E-state index in [9.17, 15) is 0 Å². The third-order valence-corrected chi connectivity index (χ3v) is 0.996. The van der Waals surface area contributed by atoms with Crippen molar-refractivity contribution in [3.8, 4) is 11.8 Å². The SMILES string of the molecule is N#[13C]c1ccc(O)cc1. The largest absolute Gasteiger partial charge is 0.508 e. The Morgan fingerprint density at radius 1 is 1.22 bits per heavy atom. The van der Waals surface area contributed by atoms with Gasteiger partial charge < -0.3 is 5.11 Å². The van der Waals surface area contributed by atoms with Crippen LogP contribution in [0.5, 0.6) is 5.75 Å². The van der Waals surface area contributed by atoms with Gasteiger partial charge in [-0.2, -0.15) is 5.26 Å². The van der Waals surface area contributed by atoms with Crippen molar-refractivity contribution >= 4 is 0 Å². The number of hydrogen-bond acceptors (Lipinski definition) is 2. The lowest BCUT2D eigenvalue weighted by atomic mass is 10.3. The maximum Gasteiger partial charge on any atom is 0.115 e. The summed E-state index contributed by atoms with van der Waals surface area (Å²) >= 11 is 0. The predicted octanol–water partition coefficient (Wildman–Crippen LogP) is 1.26. The van der Waals surface area contributed by atoms with Crippen LogP contribution in [0.3, 0.4) is 0 Å². The van der Waals surface area contributed by atoms with Crippen LogP contribution >= 0.6 is 0 Å². The summed E-state index contributed by atoms with van der Waals surface area (Å²) in [4.78, 5) is 0. The van der Waals surface area contributed by atoms with E-state index in [1.165, 1.54) is 12.1 Å².